The Morgan fingerprint density at radius 2 is 1.19 bits per heavy atom. The summed E-state index contributed by atoms with van der Waals surface area (Å²) >= 11 is 0. The maximum Gasteiger partial charge on any atom is 0.408 e. The maximum atomic E-state index is 16.3. The second-order valence-electron chi connectivity index (χ2n) is 14.1. The van der Waals surface area contributed by atoms with Crippen LogP contribution < -0.4 is 15.4 Å². The zero-order valence-electron chi connectivity index (χ0n) is 32.3. The molecule has 58 heavy (non-hydrogen) atoms. The van der Waals surface area contributed by atoms with Crippen LogP contribution in [0.1, 0.15) is 47.7 Å². The topological polar surface area (TPSA) is 134 Å². The fourth-order valence-corrected chi connectivity index (χ4v) is 6.39. The van der Waals surface area contributed by atoms with E-state index in [0.717, 1.165) is 16.0 Å². The molecule has 0 fully saturated rings. The molecule has 0 saturated heterocycles. The van der Waals surface area contributed by atoms with Gasteiger partial charge in [0.1, 0.15) is 18.4 Å². The third-order valence-corrected chi connectivity index (χ3v) is 9.42. The third kappa shape index (κ3) is 12.1. The molecule has 0 radical (unpaired) electrons. The molecule has 3 atom stereocenters. The first-order valence-corrected chi connectivity index (χ1v) is 18.9. The smallest absolute Gasteiger partial charge is 0.408 e. The number of carbonyl (C=O) groups is 4. The number of nitrogens with zero attached hydrogens (tertiary/aromatic N) is 1. The van der Waals surface area contributed by atoms with E-state index in [0.29, 0.717) is 22.4 Å². The molecular weight excluding hydrogens is 745 g/mol. The van der Waals surface area contributed by atoms with Crippen molar-refractivity contribution in [2.45, 2.75) is 64.1 Å². The van der Waals surface area contributed by atoms with Crippen LogP contribution in [0.5, 0.6) is 5.75 Å². The third-order valence-electron chi connectivity index (χ3n) is 9.42. The fraction of sp³-hybridized carbons (Fsp3) is 0.261. The first kappa shape index (κ1) is 42.7. The summed E-state index contributed by atoms with van der Waals surface area (Å²) in [6, 6.07) is 37.6. The molecule has 12 heteroatoms. The molecule has 0 aliphatic heterocycles. The van der Waals surface area contributed by atoms with E-state index in [1.807, 2.05) is 60.7 Å². The number of nitrogens with one attached hydrogen (secondary N) is 2. The Morgan fingerprint density at radius 1 is 0.672 bits per heavy atom. The minimum atomic E-state index is -4.63. The number of halogens is 2. The second kappa shape index (κ2) is 20.7. The highest BCUT2D eigenvalue weighted by molar-refractivity contribution is 6.10. The molecule has 5 rings (SSSR count). The first-order chi connectivity index (χ1) is 27.9. The first-order valence-electron chi connectivity index (χ1n) is 18.9. The highest BCUT2D eigenvalue weighted by Crippen LogP contribution is 2.25. The van der Waals surface area contributed by atoms with Gasteiger partial charge in [0.15, 0.2) is 0 Å². The predicted molar refractivity (Wildman–Crippen MR) is 215 cm³/mol. The number of Topliss-reactive ketones (excluding diaryl/α,β-unsaturated/α-hetero) is 1. The van der Waals surface area contributed by atoms with Gasteiger partial charge in [0, 0.05) is 13.0 Å². The summed E-state index contributed by atoms with van der Waals surface area (Å²) in [5.41, 5.74) is 3.20. The van der Waals surface area contributed by atoms with E-state index < -0.39 is 60.1 Å². The number of rotatable bonds is 20. The van der Waals surface area contributed by atoms with Crippen LogP contribution in [0.25, 0.3) is 0 Å². The lowest BCUT2D eigenvalue weighted by atomic mass is 9.95. The zero-order valence-corrected chi connectivity index (χ0v) is 32.3. The number of alkyl halides is 2. The van der Waals surface area contributed by atoms with E-state index in [-0.39, 0.29) is 26.4 Å². The fourth-order valence-electron chi connectivity index (χ4n) is 6.39. The highest BCUT2D eigenvalue weighted by Gasteiger charge is 2.51. The van der Waals surface area contributed by atoms with Crippen molar-refractivity contribution in [3.8, 4) is 5.75 Å². The highest BCUT2D eigenvalue weighted by atomic mass is 19.3. The van der Waals surface area contributed by atoms with Gasteiger partial charge in [-0.2, -0.15) is 8.78 Å². The van der Waals surface area contributed by atoms with Crippen molar-refractivity contribution in [3.63, 3.8) is 0 Å². The monoisotopic (exact) mass is 791 g/mol. The van der Waals surface area contributed by atoms with Gasteiger partial charge < -0.3 is 25.2 Å². The molecule has 10 nitrogen and oxygen atoms in total. The SMILES string of the molecule is CC(C)[C@@H](C(=O)N[C@@H](Cc1ccc(OCc2ccccc2)cc1)C(=O)C(F)(F)C(=O)N[C@@H](COCc1ccccc1)c1ccccc1)N(Cc1ccccc1)C(=O)O. The number of ketones is 1. The minimum absolute atomic E-state index is 0.147. The largest absolute Gasteiger partial charge is 0.489 e. The molecule has 0 aliphatic rings. The van der Waals surface area contributed by atoms with Crippen LogP contribution in [-0.4, -0.2) is 58.3 Å². The van der Waals surface area contributed by atoms with Crippen LogP contribution in [0.3, 0.4) is 0 Å². The van der Waals surface area contributed by atoms with E-state index in [1.54, 1.807) is 98.8 Å². The standard InChI is InChI=1S/C46H47F2N3O7/c1-32(2)41(51(45(55)56)28-34-15-7-3-8-16-34)43(53)49-39(27-33-23-25-38(26-24-33)58-30-36-19-11-5-12-20-36)42(52)46(47,48)44(54)50-40(37-21-13-6-14-22-37)31-57-29-35-17-9-4-10-18-35/h3-26,32,39-41H,27-31H2,1-2H3,(H,49,53)(H,50,54)(H,55,56)/t39-,40-,41-/m0/s1. The molecule has 5 aromatic carbocycles. The molecule has 3 amide bonds. The average molecular weight is 792 g/mol. The van der Waals surface area contributed by atoms with Gasteiger partial charge in [0.25, 0.3) is 5.91 Å². The van der Waals surface area contributed by atoms with Crippen LogP contribution >= 0.6 is 0 Å². The van der Waals surface area contributed by atoms with E-state index >= 15 is 8.78 Å². The normalized spacial score (nSPS) is 12.8. The number of hydrogen-bond donors (Lipinski definition) is 3. The van der Waals surface area contributed by atoms with Gasteiger partial charge in [0.2, 0.25) is 11.7 Å². The molecule has 0 aromatic heterocycles. The zero-order chi connectivity index (χ0) is 41.5. The second-order valence-corrected chi connectivity index (χ2v) is 14.1. The lowest BCUT2D eigenvalue weighted by molar-refractivity contribution is -0.161. The van der Waals surface area contributed by atoms with Gasteiger partial charge in [-0.15, -0.1) is 0 Å². The summed E-state index contributed by atoms with van der Waals surface area (Å²) in [7, 11) is 0. The predicted octanol–water partition coefficient (Wildman–Crippen LogP) is 7.78. The van der Waals surface area contributed by atoms with Crippen molar-refractivity contribution in [1.82, 2.24) is 15.5 Å². The number of hydrogen-bond acceptors (Lipinski definition) is 6. The van der Waals surface area contributed by atoms with E-state index in [9.17, 15) is 24.3 Å². The molecule has 0 heterocycles. The number of carbonyl (C=O) groups excluding carboxylic acids is 3. The summed E-state index contributed by atoms with van der Waals surface area (Å²) < 4.78 is 44.2. The van der Waals surface area contributed by atoms with Crippen molar-refractivity contribution >= 4 is 23.7 Å². The van der Waals surface area contributed by atoms with Gasteiger partial charge in [-0.05, 0) is 45.9 Å². The number of ether oxygens (including phenoxy) is 2. The molecule has 0 bridgehead atoms. The van der Waals surface area contributed by atoms with Crippen LogP contribution in [0.4, 0.5) is 13.6 Å². The Bertz CT molecular complexity index is 2070. The quantitative estimate of drug-likeness (QED) is 0.0686. The number of carboxylic acid groups (broad SMARTS) is 1. The van der Waals surface area contributed by atoms with Crippen molar-refractivity contribution in [2.24, 2.45) is 5.92 Å². The molecule has 0 saturated carbocycles. The Balaban J connectivity index is 1.39. The molecular formula is C46H47F2N3O7. The van der Waals surface area contributed by atoms with Gasteiger partial charge in [-0.1, -0.05) is 147 Å². The van der Waals surface area contributed by atoms with Crippen molar-refractivity contribution in [1.29, 1.82) is 0 Å². The van der Waals surface area contributed by atoms with E-state index in [2.05, 4.69) is 10.6 Å². The van der Waals surface area contributed by atoms with Crippen LogP contribution in [0.2, 0.25) is 0 Å². The average Bonchev–Trinajstić information content (AvgIpc) is 3.23. The van der Waals surface area contributed by atoms with Crippen molar-refractivity contribution < 1.29 is 42.5 Å². The summed E-state index contributed by atoms with van der Waals surface area (Å²) in [4.78, 5) is 55.0. The molecule has 3 N–H and O–H groups in total. The lowest BCUT2D eigenvalue weighted by Gasteiger charge is -2.33. The van der Waals surface area contributed by atoms with Crippen LogP contribution in [-0.2, 0) is 45.3 Å². The maximum absolute atomic E-state index is 16.3. The summed E-state index contributed by atoms with van der Waals surface area (Å²) in [5.74, 6) is -9.51. The minimum Gasteiger partial charge on any atom is -0.489 e. The van der Waals surface area contributed by atoms with Gasteiger partial charge in [-0.3, -0.25) is 19.3 Å². The van der Waals surface area contributed by atoms with E-state index in [4.69, 9.17) is 9.47 Å². The molecule has 0 unspecified atom stereocenters. The van der Waals surface area contributed by atoms with Gasteiger partial charge in [-0.25, -0.2) is 4.79 Å². The van der Waals surface area contributed by atoms with Crippen molar-refractivity contribution in [3.05, 3.63) is 173 Å². The Kier molecular flexibility index (Phi) is 15.2. The number of amides is 3. The van der Waals surface area contributed by atoms with Gasteiger partial charge in [0.05, 0.1) is 25.3 Å². The summed E-state index contributed by atoms with van der Waals surface area (Å²) in [6.45, 7) is 3.29. The van der Waals surface area contributed by atoms with Crippen LogP contribution in [0.15, 0.2) is 146 Å². The molecule has 0 spiro atoms. The molecule has 5 aromatic rings. The Hall–Kier alpha value is -6.40. The molecule has 0 aliphatic carbocycles. The van der Waals surface area contributed by atoms with Crippen LogP contribution in [0, 0.1) is 5.92 Å². The molecule has 302 valence electrons. The lowest BCUT2D eigenvalue weighted by Crippen LogP contribution is -2.59. The Labute approximate surface area is 336 Å². The number of benzene rings is 5. The van der Waals surface area contributed by atoms with Gasteiger partial charge >= 0.3 is 12.0 Å². The Morgan fingerprint density at radius 3 is 1.72 bits per heavy atom. The summed E-state index contributed by atoms with van der Waals surface area (Å²) in [5, 5.41) is 14.9. The van der Waals surface area contributed by atoms with Crippen molar-refractivity contribution in [2.75, 3.05) is 6.61 Å². The summed E-state index contributed by atoms with van der Waals surface area (Å²) in [6.07, 6.45) is -1.86. The van der Waals surface area contributed by atoms with E-state index in [1.165, 1.54) is 0 Å².